The van der Waals surface area contributed by atoms with Gasteiger partial charge in [0.2, 0.25) is 0 Å². The van der Waals surface area contributed by atoms with E-state index in [4.69, 9.17) is 0 Å². The molecule has 0 aliphatic carbocycles. The van der Waals surface area contributed by atoms with Crippen LogP contribution in [-0.2, 0) is 6.18 Å². The van der Waals surface area contributed by atoms with Crippen LogP contribution in [0.25, 0.3) is 16.6 Å². The summed E-state index contributed by atoms with van der Waals surface area (Å²) in [4.78, 5) is 0. The molecule has 1 aromatic heterocycles. The summed E-state index contributed by atoms with van der Waals surface area (Å²) in [6.45, 7) is 1.98. The second kappa shape index (κ2) is 4.37. The molecule has 0 bridgehead atoms. The molecule has 0 radical (unpaired) electrons. The summed E-state index contributed by atoms with van der Waals surface area (Å²) in [5.74, 6) is 0. The van der Waals surface area contributed by atoms with Gasteiger partial charge in [-0.2, -0.15) is 18.3 Å². The maximum absolute atomic E-state index is 12.5. The summed E-state index contributed by atoms with van der Waals surface area (Å²) in [6.07, 6.45) is -2.50. The van der Waals surface area contributed by atoms with Crippen molar-refractivity contribution in [3.63, 3.8) is 0 Å². The Labute approximate surface area is 113 Å². The Morgan fingerprint density at radius 1 is 1.00 bits per heavy atom. The van der Waals surface area contributed by atoms with E-state index in [0.717, 1.165) is 28.6 Å². The second-order valence-corrected chi connectivity index (χ2v) is 4.68. The Hall–Kier alpha value is -2.30. The third-order valence-electron chi connectivity index (χ3n) is 3.12. The molecular formula is C15H11F3N2. The number of hydrogen-bond acceptors (Lipinski definition) is 1. The van der Waals surface area contributed by atoms with Crippen LogP contribution in [0.15, 0.2) is 48.7 Å². The van der Waals surface area contributed by atoms with Crippen molar-refractivity contribution in [3.05, 3.63) is 59.8 Å². The summed E-state index contributed by atoms with van der Waals surface area (Å²) in [5.41, 5.74) is 1.88. The van der Waals surface area contributed by atoms with Gasteiger partial charge in [-0.15, -0.1) is 0 Å². The van der Waals surface area contributed by atoms with Crippen LogP contribution < -0.4 is 0 Å². The fourth-order valence-corrected chi connectivity index (χ4v) is 2.08. The zero-order chi connectivity index (χ0) is 14.3. The molecule has 0 saturated heterocycles. The number of aryl methyl sites for hydroxylation is 1. The smallest absolute Gasteiger partial charge is 0.240 e. The lowest BCUT2D eigenvalue weighted by molar-refractivity contribution is -0.137. The highest BCUT2D eigenvalue weighted by Gasteiger charge is 2.30. The van der Waals surface area contributed by atoms with Crippen LogP contribution in [0.4, 0.5) is 13.2 Å². The zero-order valence-corrected chi connectivity index (χ0v) is 10.6. The summed E-state index contributed by atoms with van der Waals surface area (Å²) in [7, 11) is 0. The predicted octanol–water partition coefficient (Wildman–Crippen LogP) is 4.35. The van der Waals surface area contributed by atoms with Crippen molar-refractivity contribution in [1.82, 2.24) is 9.78 Å². The molecule has 0 aliphatic heterocycles. The van der Waals surface area contributed by atoms with Gasteiger partial charge in [-0.05, 0) is 43.3 Å². The van der Waals surface area contributed by atoms with E-state index >= 15 is 0 Å². The largest absolute Gasteiger partial charge is 0.416 e. The Bertz CT molecular complexity index is 755. The van der Waals surface area contributed by atoms with E-state index in [-0.39, 0.29) is 0 Å². The number of nitrogens with zero attached hydrogens (tertiary/aromatic N) is 2. The van der Waals surface area contributed by atoms with Gasteiger partial charge in [-0.25, -0.2) is 4.68 Å². The maximum Gasteiger partial charge on any atom is 0.416 e. The number of alkyl halides is 3. The highest BCUT2D eigenvalue weighted by atomic mass is 19.4. The van der Waals surface area contributed by atoms with E-state index in [1.54, 1.807) is 4.68 Å². The molecule has 0 aliphatic rings. The van der Waals surface area contributed by atoms with Crippen molar-refractivity contribution in [1.29, 1.82) is 0 Å². The van der Waals surface area contributed by atoms with E-state index in [2.05, 4.69) is 5.10 Å². The molecule has 3 aromatic rings. The molecule has 20 heavy (non-hydrogen) atoms. The van der Waals surface area contributed by atoms with Crippen molar-refractivity contribution < 1.29 is 13.2 Å². The van der Waals surface area contributed by atoms with Crippen LogP contribution in [0.1, 0.15) is 11.1 Å². The van der Waals surface area contributed by atoms with Gasteiger partial charge in [0.1, 0.15) is 0 Å². The summed E-state index contributed by atoms with van der Waals surface area (Å²) in [6, 6.07) is 10.8. The van der Waals surface area contributed by atoms with Crippen LogP contribution in [-0.4, -0.2) is 9.78 Å². The number of rotatable bonds is 1. The quantitative estimate of drug-likeness (QED) is 0.646. The lowest BCUT2D eigenvalue weighted by Crippen LogP contribution is -2.05. The highest BCUT2D eigenvalue weighted by Crippen LogP contribution is 2.29. The van der Waals surface area contributed by atoms with Crippen molar-refractivity contribution in [3.8, 4) is 5.69 Å². The van der Waals surface area contributed by atoms with E-state index in [1.165, 1.54) is 12.1 Å². The minimum Gasteiger partial charge on any atom is -0.240 e. The van der Waals surface area contributed by atoms with Gasteiger partial charge in [0, 0.05) is 11.6 Å². The number of benzene rings is 2. The molecule has 102 valence electrons. The van der Waals surface area contributed by atoms with E-state index in [9.17, 15) is 13.2 Å². The van der Waals surface area contributed by atoms with Crippen molar-refractivity contribution in [2.45, 2.75) is 13.1 Å². The van der Waals surface area contributed by atoms with Crippen LogP contribution in [0, 0.1) is 6.92 Å². The Kier molecular flexibility index (Phi) is 2.78. The Morgan fingerprint density at radius 3 is 2.35 bits per heavy atom. The summed E-state index contributed by atoms with van der Waals surface area (Å²) < 4.78 is 39.1. The number of halogens is 3. The molecule has 0 unspecified atom stereocenters. The SMILES string of the molecule is Cc1ccc2nn(-c3ccc(C(F)(F)F)cc3)cc2c1. The molecule has 5 heteroatoms. The lowest BCUT2D eigenvalue weighted by Gasteiger charge is -2.07. The van der Waals surface area contributed by atoms with Crippen molar-refractivity contribution in [2.75, 3.05) is 0 Å². The van der Waals surface area contributed by atoms with Gasteiger partial charge in [-0.1, -0.05) is 11.6 Å². The highest BCUT2D eigenvalue weighted by molar-refractivity contribution is 5.79. The first-order valence-electron chi connectivity index (χ1n) is 6.07. The topological polar surface area (TPSA) is 17.8 Å². The first-order chi connectivity index (χ1) is 9.43. The second-order valence-electron chi connectivity index (χ2n) is 4.68. The summed E-state index contributed by atoms with van der Waals surface area (Å²) in [5, 5.41) is 5.31. The molecule has 0 spiro atoms. The minimum atomic E-state index is -4.32. The minimum absolute atomic E-state index is 0.604. The van der Waals surface area contributed by atoms with Gasteiger partial charge < -0.3 is 0 Å². The zero-order valence-electron chi connectivity index (χ0n) is 10.6. The molecule has 0 atom stereocenters. The van der Waals surface area contributed by atoms with Crippen molar-refractivity contribution >= 4 is 10.9 Å². The van der Waals surface area contributed by atoms with E-state index in [1.807, 2.05) is 31.3 Å². The average Bonchev–Trinajstić information content (AvgIpc) is 2.80. The van der Waals surface area contributed by atoms with Gasteiger partial charge in [-0.3, -0.25) is 0 Å². The number of aromatic nitrogens is 2. The maximum atomic E-state index is 12.5. The van der Waals surface area contributed by atoms with Gasteiger partial charge >= 0.3 is 6.18 Å². The van der Waals surface area contributed by atoms with Crippen LogP contribution >= 0.6 is 0 Å². The van der Waals surface area contributed by atoms with Crippen LogP contribution in [0.5, 0.6) is 0 Å². The third-order valence-corrected chi connectivity index (χ3v) is 3.12. The molecule has 2 aromatic carbocycles. The summed E-state index contributed by atoms with van der Waals surface area (Å²) >= 11 is 0. The lowest BCUT2D eigenvalue weighted by atomic mass is 10.2. The standard InChI is InChI=1S/C15H11F3N2/c1-10-2-7-14-11(8-10)9-20(19-14)13-5-3-12(4-6-13)15(16,17)18/h2-9H,1H3. The van der Waals surface area contributed by atoms with Gasteiger partial charge in [0.15, 0.2) is 0 Å². The molecular weight excluding hydrogens is 265 g/mol. The van der Waals surface area contributed by atoms with Gasteiger partial charge in [0.25, 0.3) is 0 Å². The average molecular weight is 276 g/mol. The number of hydrogen-bond donors (Lipinski definition) is 0. The van der Waals surface area contributed by atoms with Crippen molar-refractivity contribution in [2.24, 2.45) is 0 Å². The molecule has 2 nitrogen and oxygen atoms in total. The molecule has 0 amide bonds. The van der Waals surface area contributed by atoms with Crippen LogP contribution in [0.2, 0.25) is 0 Å². The monoisotopic (exact) mass is 276 g/mol. The Balaban J connectivity index is 2.02. The van der Waals surface area contributed by atoms with E-state index < -0.39 is 11.7 Å². The third kappa shape index (κ3) is 2.27. The number of fused-ring (bicyclic) bond motifs is 1. The predicted molar refractivity (Wildman–Crippen MR) is 70.8 cm³/mol. The fraction of sp³-hybridized carbons (Fsp3) is 0.133. The normalized spacial score (nSPS) is 12.0. The fourth-order valence-electron chi connectivity index (χ4n) is 2.08. The Morgan fingerprint density at radius 2 is 1.70 bits per heavy atom. The molecule has 0 N–H and O–H groups in total. The van der Waals surface area contributed by atoms with Crippen LogP contribution in [0.3, 0.4) is 0 Å². The molecule has 3 rings (SSSR count). The van der Waals surface area contributed by atoms with E-state index in [0.29, 0.717) is 5.69 Å². The van der Waals surface area contributed by atoms with Gasteiger partial charge in [0.05, 0.1) is 16.8 Å². The molecule has 1 heterocycles. The first-order valence-corrected chi connectivity index (χ1v) is 6.07. The first kappa shape index (κ1) is 12.7. The molecule has 0 saturated carbocycles. The molecule has 0 fully saturated rings.